The molecule has 0 spiro atoms. The van der Waals surface area contributed by atoms with Gasteiger partial charge in [0.2, 0.25) is 0 Å². The number of benzene rings is 2. The summed E-state index contributed by atoms with van der Waals surface area (Å²) in [5.74, 6) is 1.09. The normalized spacial score (nSPS) is 23.7. The molecule has 3 aliphatic rings. The lowest BCUT2D eigenvalue weighted by Gasteiger charge is -2.34. The topological polar surface area (TPSA) is 112 Å². The van der Waals surface area contributed by atoms with Crippen molar-refractivity contribution in [3.63, 3.8) is 0 Å². The molecular formula is C31H30F3N7O2. The minimum absolute atomic E-state index is 0.0201. The van der Waals surface area contributed by atoms with Crippen LogP contribution in [-0.4, -0.2) is 77.4 Å². The van der Waals surface area contributed by atoms with Crippen molar-refractivity contribution >= 4 is 33.2 Å². The van der Waals surface area contributed by atoms with Crippen LogP contribution in [-0.2, 0) is 0 Å². The van der Waals surface area contributed by atoms with Gasteiger partial charge in [-0.25, -0.2) is 13.2 Å². The van der Waals surface area contributed by atoms with Crippen molar-refractivity contribution in [2.75, 3.05) is 43.9 Å². The SMILES string of the molecule is C#Cc1c(F)ccc2cc(N)cc(-c3[nH]c(=O)c4c(N5CC6CCC(C5)N6)nc(OC[C@@H]5C[C@@H](F)CN5C)nc4c3F)c12. The van der Waals surface area contributed by atoms with E-state index in [0.717, 1.165) is 12.8 Å². The van der Waals surface area contributed by atoms with Gasteiger partial charge in [-0.2, -0.15) is 9.97 Å². The fourth-order valence-corrected chi connectivity index (χ4v) is 6.77. The van der Waals surface area contributed by atoms with E-state index in [9.17, 15) is 13.6 Å². The zero-order chi connectivity index (χ0) is 30.0. The van der Waals surface area contributed by atoms with Crippen LogP contribution in [0.1, 0.15) is 24.8 Å². The molecule has 3 fully saturated rings. The molecule has 2 bridgehead atoms. The van der Waals surface area contributed by atoms with Gasteiger partial charge in [-0.05, 0) is 49.9 Å². The third kappa shape index (κ3) is 4.73. The van der Waals surface area contributed by atoms with Crippen LogP contribution < -0.4 is 26.2 Å². The number of alkyl halides is 1. The number of anilines is 2. The number of nitrogen functional groups attached to an aromatic ring is 1. The van der Waals surface area contributed by atoms with Crippen molar-refractivity contribution < 1.29 is 17.9 Å². The molecule has 43 heavy (non-hydrogen) atoms. The number of likely N-dealkylation sites (tertiary alicyclic amines) is 1. The van der Waals surface area contributed by atoms with Crippen LogP contribution in [0.5, 0.6) is 6.01 Å². The highest BCUT2D eigenvalue weighted by atomic mass is 19.1. The second-order valence-electron chi connectivity index (χ2n) is 11.7. The molecule has 2 aromatic carbocycles. The summed E-state index contributed by atoms with van der Waals surface area (Å²) >= 11 is 0. The molecule has 0 amide bonds. The lowest BCUT2D eigenvalue weighted by molar-refractivity contribution is 0.188. The summed E-state index contributed by atoms with van der Waals surface area (Å²) in [5, 5.41) is 4.24. The molecule has 12 heteroatoms. The van der Waals surface area contributed by atoms with Gasteiger partial charge in [0.15, 0.2) is 5.82 Å². The summed E-state index contributed by atoms with van der Waals surface area (Å²) in [5.41, 5.74) is 5.36. The molecule has 3 aliphatic heterocycles. The zero-order valence-electron chi connectivity index (χ0n) is 23.5. The Kier molecular flexibility index (Phi) is 6.67. The number of ether oxygens (including phenoxy) is 1. The Morgan fingerprint density at radius 3 is 2.60 bits per heavy atom. The number of H-pyrrole nitrogens is 1. The Morgan fingerprint density at radius 1 is 1.14 bits per heavy atom. The van der Waals surface area contributed by atoms with Crippen molar-refractivity contribution in [1.29, 1.82) is 0 Å². The fourth-order valence-electron chi connectivity index (χ4n) is 6.77. The van der Waals surface area contributed by atoms with E-state index in [1.54, 1.807) is 6.07 Å². The van der Waals surface area contributed by atoms with Crippen LogP contribution in [0.2, 0.25) is 0 Å². The van der Waals surface area contributed by atoms with Crippen molar-refractivity contribution in [2.24, 2.45) is 0 Å². The number of pyridine rings is 1. The molecule has 0 saturated carbocycles. The Balaban J connectivity index is 1.42. The molecule has 2 unspecified atom stereocenters. The van der Waals surface area contributed by atoms with E-state index in [1.165, 1.54) is 18.2 Å². The van der Waals surface area contributed by atoms with Gasteiger partial charge in [-0.3, -0.25) is 9.69 Å². The van der Waals surface area contributed by atoms with Gasteiger partial charge in [0.1, 0.15) is 35.3 Å². The molecule has 9 nitrogen and oxygen atoms in total. The standard InChI is InChI=1S/C31H30F3N7O2/c1-3-21-23(33)7-4-15-8-17(35)10-22(24(15)21)27-26(34)28-25(30(42)37-27)29(41-12-18-5-6-19(13-41)36-18)39-31(38-28)43-14-20-9-16(32)11-40(20)2/h1,4,7-8,10,16,18-20,36H,5-6,9,11-14,35H2,2H3,(H,37,42)/t16-,18?,19?,20+/m1/s1. The number of nitrogens with two attached hydrogens (primary N) is 1. The summed E-state index contributed by atoms with van der Waals surface area (Å²) in [6, 6.07) is 5.85. The van der Waals surface area contributed by atoms with E-state index in [4.69, 9.17) is 16.9 Å². The largest absolute Gasteiger partial charge is 0.462 e. The molecular weight excluding hydrogens is 559 g/mol. The summed E-state index contributed by atoms with van der Waals surface area (Å²) in [6.07, 6.45) is 6.95. The first-order chi connectivity index (χ1) is 20.7. The number of aromatic nitrogens is 3. The fraction of sp³-hybridized carbons (Fsp3) is 0.387. The van der Waals surface area contributed by atoms with E-state index in [-0.39, 0.29) is 75.4 Å². The van der Waals surface area contributed by atoms with E-state index < -0.39 is 23.4 Å². The Labute approximate surface area is 245 Å². The van der Waals surface area contributed by atoms with E-state index in [1.807, 2.05) is 16.8 Å². The molecule has 4 atom stereocenters. The summed E-state index contributed by atoms with van der Waals surface area (Å²) in [7, 11) is 1.81. The maximum atomic E-state index is 16.7. The minimum Gasteiger partial charge on any atom is -0.462 e. The third-order valence-electron chi connectivity index (χ3n) is 8.82. The quantitative estimate of drug-likeness (QED) is 0.240. The Morgan fingerprint density at radius 2 is 1.91 bits per heavy atom. The lowest BCUT2D eigenvalue weighted by Crippen LogP contribution is -2.51. The van der Waals surface area contributed by atoms with Crippen LogP contribution in [0.15, 0.2) is 29.1 Å². The molecule has 4 N–H and O–H groups in total. The highest BCUT2D eigenvalue weighted by Crippen LogP contribution is 2.37. The number of aromatic amines is 1. The summed E-state index contributed by atoms with van der Waals surface area (Å²) in [6.45, 7) is 1.54. The molecule has 7 rings (SSSR count). The van der Waals surface area contributed by atoms with Crippen LogP contribution in [0.3, 0.4) is 0 Å². The number of rotatable bonds is 5. The predicted molar refractivity (Wildman–Crippen MR) is 159 cm³/mol. The Hall–Kier alpha value is -4.34. The molecule has 3 saturated heterocycles. The van der Waals surface area contributed by atoms with Crippen molar-refractivity contribution in [2.45, 2.75) is 43.6 Å². The highest BCUT2D eigenvalue weighted by Gasteiger charge is 2.35. The van der Waals surface area contributed by atoms with Crippen molar-refractivity contribution in [1.82, 2.24) is 25.2 Å². The highest BCUT2D eigenvalue weighted by molar-refractivity contribution is 6.03. The average Bonchev–Trinajstić information content (AvgIpc) is 3.50. The van der Waals surface area contributed by atoms with Gasteiger partial charge in [-0.1, -0.05) is 12.0 Å². The maximum absolute atomic E-state index is 16.7. The first kappa shape index (κ1) is 27.5. The first-order valence-electron chi connectivity index (χ1n) is 14.3. The van der Waals surface area contributed by atoms with E-state index >= 15 is 4.39 Å². The number of nitrogens with one attached hydrogen (secondary N) is 2. The molecule has 0 aliphatic carbocycles. The molecule has 222 valence electrons. The van der Waals surface area contributed by atoms with Gasteiger partial charge >= 0.3 is 6.01 Å². The van der Waals surface area contributed by atoms with Gasteiger partial charge < -0.3 is 25.7 Å². The van der Waals surface area contributed by atoms with Crippen molar-refractivity contribution in [3.05, 3.63) is 51.8 Å². The number of halogens is 3. The summed E-state index contributed by atoms with van der Waals surface area (Å²) in [4.78, 5) is 29.2. The number of piperazine rings is 1. The van der Waals surface area contributed by atoms with Crippen molar-refractivity contribution in [3.8, 4) is 29.6 Å². The minimum atomic E-state index is -0.965. The smallest absolute Gasteiger partial charge is 0.319 e. The van der Waals surface area contributed by atoms with Crippen LogP contribution in [0.4, 0.5) is 24.7 Å². The molecule has 5 heterocycles. The predicted octanol–water partition coefficient (Wildman–Crippen LogP) is 3.34. The zero-order valence-corrected chi connectivity index (χ0v) is 23.5. The van der Waals surface area contributed by atoms with Crippen LogP contribution >= 0.6 is 0 Å². The average molecular weight is 590 g/mol. The second-order valence-corrected chi connectivity index (χ2v) is 11.7. The van der Waals surface area contributed by atoms with Crippen LogP contribution in [0.25, 0.3) is 32.9 Å². The monoisotopic (exact) mass is 589 g/mol. The number of hydrogen-bond acceptors (Lipinski definition) is 8. The molecule has 4 aromatic rings. The summed E-state index contributed by atoms with van der Waals surface area (Å²) < 4.78 is 51.4. The molecule has 0 radical (unpaired) electrons. The Bertz CT molecular complexity index is 1860. The van der Waals surface area contributed by atoms with E-state index in [2.05, 4.69) is 26.2 Å². The number of nitrogens with zero attached hydrogens (tertiary/aromatic N) is 4. The molecule has 2 aromatic heterocycles. The van der Waals surface area contributed by atoms with Gasteiger partial charge in [0.25, 0.3) is 5.56 Å². The second kappa shape index (κ2) is 10.4. The van der Waals surface area contributed by atoms with Crippen LogP contribution in [0, 0.1) is 24.0 Å². The number of hydrogen-bond donors (Lipinski definition) is 3. The lowest BCUT2D eigenvalue weighted by atomic mass is 9.95. The first-order valence-corrected chi connectivity index (χ1v) is 14.3. The van der Waals surface area contributed by atoms with Gasteiger partial charge in [0, 0.05) is 54.4 Å². The van der Waals surface area contributed by atoms with Gasteiger partial charge in [0.05, 0.1) is 11.3 Å². The van der Waals surface area contributed by atoms with Gasteiger partial charge in [-0.15, -0.1) is 6.42 Å². The number of likely N-dealkylation sites (N-methyl/N-ethyl adjacent to an activating group) is 1. The van der Waals surface area contributed by atoms with E-state index in [0.29, 0.717) is 31.4 Å². The number of fused-ring (bicyclic) bond motifs is 4. The maximum Gasteiger partial charge on any atom is 0.319 e. The number of terminal acetylenes is 1. The third-order valence-corrected chi connectivity index (χ3v) is 8.82.